The van der Waals surface area contributed by atoms with Gasteiger partial charge in [-0.1, -0.05) is 0 Å². The Labute approximate surface area is 127 Å². The van der Waals surface area contributed by atoms with Gasteiger partial charge in [0, 0.05) is 15.7 Å². The van der Waals surface area contributed by atoms with E-state index in [1.807, 2.05) is 22.6 Å². The molecule has 2 aromatic rings. The predicted molar refractivity (Wildman–Crippen MR) is 78.4 cm³/mol. The first-order valence-corrected chi connectivity index (χ1v) is 6.76. The molecule has 0 aliphatic carbocycles. The molecule has 0 unspecified atom stereocenters. The molecule has 0 saturated heterocycles. The standard InChI is InChI=1S/C14H10F2INO2/c15-9-1-3-12(16)8(5-9)7-18-14(20)11-6-10(17)2-4-13(11)19/h1-6,19H,7H2,(H,18,20). The molecule has 0 fully saturated rings. The lowest BCUT2D eigenvalue weighted by atomic mass is 10.1. The molecule has 2 aromatic carbocycles. The lowest BCUT2D eigenvalue weighted by Crippen LogP contribution is -2.23. The quantitative estimate of drug-likeness (QED) is 0.793. The second kappa shape index (κ2) is 6.17. The fraction of sp³-hybridized carbons (Fsp3) is 0.0714. The summed E-state index contributed by atoms with van der Waals surface area (Å²) in [5, 5.41) is 12.0. The van der Waals surface area contributed by atoms with E-state index in [4.69, 9.17) is 0 Å². The van der Waals surface area contributed by atoms with E-state index in [9.17, 15) is 18.7 Å². The number of phenolic OH excluding ortho intramolecular Hbond substituents is 1. The first kappa shape index (κ1) is 14.7. The monoisotopic (exact) mass is 389 g/mol. The highest BCUT2D eigenvalue weighted by atomic mass is 127. The normalized spacial score (nSPS) is 10.3. The van der Waals surface area contributed by atoms with Crippen LogP contribution in [0.25, 0.3) is 0 Å². The largest absolute Gasteiger partial charge is 0.507 e. The summed E-state index contributed by atoms with van der Waals surface area (Å²) in [6.45, 7) is -0.159. The number of phenols is 1. The Morgan fingerprint density at radius 1 is 1.20 bits per heavy atom. The van der Waals surface area contributed by atoms with Crippen LogP contribution in [0, 0.1) is 15.2 Å². The molecule has 2 N–H and O–H groups in total. The number of benzene rings is 2. The van der Waals surface area contributed by atoms with Crippen molar-refractivity contribution in [3.63, 3.8) is 0 Å². The third-order valence-electron chi connectivity index (χ3n) is 2.65. The molecule has 0 heterocycles. The van der Waals surface area contributed by atoms with Gasteiger partial charge in [0.25, 0.3) is 5.91 Å². The van der Waals surface area contributed by atoms with Crippen LogP contribution in [0.3, 0.4) is 0 Å². The summed E-state index contributed by atoms with van der Waals surface area (Å²) in [6.07, 6.45) is 0. The van der Waals surface area contributed by atoms with Crippen LogP contribution >= 0.6 is 22.6 Å². The summed E-state index contributed by atoms with van der Waals surface area (Å²) in [5.41, 5.74) is 0.136. The number of aromatic hydroxyl groups is 1. The van der Waals surface area contributed by atoms with E-state index < -0.39 is 17.5 Å². The van der Waals surface area contributed by atoms with E-state index in [0.29, 0.717) is 0 Å². The van der Waals surface area contributed by atoms with Crippen LogP contribution in [0.5, 0.6) is 5.75 Å². The minimum Gasteiger partial charge on any atom is -0.507 e. The van der Waals surface area contributed by atoms with Gasteiger partial charge >= 0.3 is 0 Å². The summed E-state index contributed by atoms with van der Waals surface area (Å²) in [5.74, 6) is -1.89. The fourth-order valence-electron chi connectivity index (χ4n) is 1.64. The van der Waals surface area contributed by atoms with Crippen molar-refractivity contribution in [2.45, 2.75) is 6.54 Å². The smallest absolute Gasteiger partial charge is 0.255 e. The molecule has 0 aliphatic rings. The molecule has 0 atom stereocenters. The Morgan fingerprint density at radius 2 is 1.95 bits per heavy atom. The van der Waals surface area contributed by atoms with Gasteiger partial charge in [-0.2, -0.15) is 0 Å². The Balaban J connectivity index is 2.12. The van der Waals surface area contributed by atoms with Gasteiger partial charge in [0.15, 0.2) is 0 Å². The summed E-state index contributed by atoms with van der Waals surface area (Å²) < 4.78 is 27.2. The van der Waals surface area contributed by atoms with Crippen molar-refractivity contribution in [3.8, 4) is 5.75 Å². The molecule has 0 saturated carbocycles. The third-order valence-corrected chi connectivity index (χ3v) is 3.32. The molecule has 0 aliphatic heterocycles. The summed E-state index contributed by atoms with van der Waals surface area (Å²) in [7, 11) is 0. The second-order valence-electron chi connectivity index (χ2n) is 4.08. The highest BCUT2D eigenvalue weighted by molar-refractivity contribution is 14.1. The molecule has 1 amide bonds. The average molecular weight is 389 g/mol. The highest BCUT2D eigenvalue weighted by Crippen LogP contribution is 2.19. The zero-order valence-electron chi connectivity index (χ0n) is 10.2. The van der Waals surface area contributed by atoms with Gasteiger partial charge in [0.2, 0.25) is 0 Å². The maximum absolute atomic E-state index is 13.4. The maximum atomic E-state index is 13.4. The van der Waals surface area contributed by atoms with Crippen LogP contribution in [0.1, 0.15) is 15.9 Å². The number of halogens is 3. The van der Waals surface area contributed by atoms with Crippen LogP contribution in [0.15, 0.2) is 36.4 Å². The summed E-state index contributed by atoms with van der Waals surface area (Å²) in [6, 6.07) is 7.58. The second-order valence-corrected chi connectivity index (χ2v) is 5.33. The lowest BCUT2D eigenvalue weighted by molar-refractivity contribution is 0.0948. The first-order chi connectivity index (χ1) is 9.47. The van der Waals surface area contributed by atoms with E-state index in [1.54, 1.807) is 6.07 Å². The van der Waals surface area contributed by atoms with Crippen molar-refractivity contribution in [1.29, 1.82) is 0 Å². The molecule has 0 bridgehead atoms. The fourth-order valence-corrected chi connectivity index (χ4v) is 2.13. The van der Waals surface area contributed by atoms with Crippen LogP contribution < -0.4 is 5.32 Å². The number of carbonyl (C=O) groups is 1. The highest BCUT2D eigenvalue weighted by Gasteiger charge is 2.12. The van der Waals surface area contributed by atoms with E-state index in [0.717, 1.165) is 21.8 Å². The summed E-state index contributed by atoms with van der Waals surface area (Å²) >= 11 is 2.00. The van der Waals surface area contributed by atoms with E-state index in [2.05, 4.69) is 5.32 Å². The van der Waals surface area contributed by atoms with Crippen LogP contribution in [-0.2, 0) is 6.54 Å². The minimum absolute atomic E-state index is 0.0449. The third kappa shape index (κ3) is 3.44. The Kier molecular flexibility index (Phi) is 4.53. The Bertz CT molecular complexity index is 662. The van der Waals surface area contributed by atoms with Gasteiger partial charge in [0.05, 0.1) is 5.56 Å². The zero-order chi connectivity index (χ0) is 14.7. The predicted octanol–water partition coefficient (Wildman–Crippen LogP) is 3.21. The van der Waals surface area contributed by atoms with E-state index in [1.165, 1.54) is 12.1 Å². The van der Waals surface area contributed by atoms with Crippen molar-refractivity contribution in [3.05, 3.63) is 62.7 Å². The van der Waals surface area contributed by atoms with Gasteiger partial charge in [-0.3, -0.25) is 4.79 Å². The summed E-state index contributed by atoms with van der Waals surface area (Å²) in [4.78, 5) is 11.9. The molecule has 0 aromatic heterocycles. The molecule has 0 radical (unpaired) electrons. The first-order valence-electron chi connectivity index (χ1n) is 5.68. The topological polar surface area (TPSA) is 49.3 Å². The number of rotatable bonds is 3. The van der Waals surface area contributed by atoms with E-state index in [-0.39, 0.29) is 23.4 Å². The van der Waals surface area contributed by atoms with Gasteiger partial charge < -0.3 is 10.4 Å². The lowest BCUT2D eigenvalue weighted by Gasteiger charge is -2.08. The number of nitrogens with one attached hydrogen (secondary N) is 1. The van der Waals surface area contributed by atoms with Crippen LogP contribution in [0.4, 0.5) is 8.78 Å². The Morgan fingerprint density at radius 3 is 2.70 bits per heavy atom. The van der Waals surface area contributed by atoms with Crippen molar-refractivity contribution in [2.75, 3.05) is 0 Å². The number of hydrogen-bond donors (Lipinski definition) is 2. The number of hydrogen-bond acceptors (Lipinski definition) is 2. The van der Waals surface area contributed by atoms with Gasteiger partial charge in [-0.05, 0) is 59.0 Å². The maximum Gasteiger partial charge on any atom is 0.255 e. The van der Waals surface area contributed by atoms with E-state index >= 15 is 0 Å². The zero-order valence-corrected chi connectivity index (χ0v) is 12.3. The van der Waals surface area contributed by atoms with Gasteiger partial charge in [-0.15, -0.1) is 0 Å². The van der Waals surface area contributed by atoms with Gasteiger partial charge in [0.1, 0.15) is 17.4 Å². The molecular weight excluding hydrogens is 379 g/mol. The van der Waals surface area contributed by atoms with Crippen LogP contribution in [-0.4, -0.2) is 11.0 Å². The van der Waals surface area contributed by atoms with Crippen LogP contribution in [0.2, 0.25) is 0 Å². The number of carbonyl (C=O) groups excluding carboxylic acids is 1. The molecule has 104 valence electrons. The molecule has 6 heteroatoms. The van der Waals surface area contributed by atoms with Crippen molar-refractivity contribution in [2.24, 2.45) is 0 Å². The average Bonchev–Trinajstić information content (AvgIpc) is 2.42. The molecule has 0 spiro atoms. The minimum atomic E-state index is -0.599. The van der Waals surface area contributed by atoms with Gasteiger partial charge in [-0.25, -0.2) is 8.78 Å². The van der Waals surface area contributed by atoms with Crippen molar-refractivity contribution >= 4 is 28.5 Å². The molecular formula is C14H10F2INO2. The van der Waals surface area contributed by atoms with Crippen molar-refractivity contribution in [1.82, 2.24) is 5.32 Å². The molecule has 2 rings (SSSR count). The molecule has 3 nitrogen and oxygen atoms in total. The SMILES string of the molecule is O=C(NCc1cc(F)ccc1F)c1cc(I)ccc1O. The number of amides is 1. The van der Waals surface area contributed by atoms with Crippen molar-refractivity contribution < 1.29 is 18.7 Å². The molecule has 20 heavy (non-hydrogen) atoms. The Hall–Kier alpha value is -1.70.